The summed E-state index contributed by atoms with van der Waals surface area (Å²) in [5, 5.41) is 2.88. The fourth-order valence-electron chi connectivity index (χ4n) is 4.58. The molecule has 2 aliphatic rings. The van der Waals surface area contributed by atoms with Gasteiger partial charge in [0.2, 0.25) is 11.8 Å². The Morgan fingerprint density at radius 3 is 2.25 bits per heavy atom. The molecular weight excluding hydrogens is 402 g/mol. The van der Waals surface area contributed by atoms with Crippen LogP contribution in [0.4, 0.5) is 11.4 Å². The number of piperazine rings is 1. The van der Waals surface area contributed by atoms with Crippen LogP contribution in [0.2, 0.25) is 0 Å². The minimum atomic E-state index is -0.163. The molecule has 0 radical (unpaired) electrons. The van der Waals surface area contributed by atoms with Crippen molar-refractivity contribution in [2.75, 3.05) is 43.0 Å². The molecule has 2 aromatic carbocycles. The molecule has 2 aromatic rings. The van der Waals surface area contributed by atoms with Crippen molar-refractivity contribution >= 4 is 23.2 Å². The van der Waals surface area contributed by atoms with Gasteiger partial charge >= 0.3 is 0 Å². The molecule has 2 fully saturated rings. The monoisotopic (exact) mass is 435 g/mol. The lowest BCUT2D eigenvalue weighted by Crippen LogP contribution is -2.50. The van der Waals surface area contributed by atoms with E-state index in [0.29, 0.717) is 12.5 Å². The summed E-state index contributed by atoms with van der Waals surface area (Å²) in [7, 11) is 0. The summed E-state index contributed by atoms with van der Waals surface area (Å²) in [6, 6.07) is 17.7. The topological polar surface area (TPSA) is 61.9 Å². The molecule has 1 saturated heterocycles. The third kappa shape index (κ3) is 6.10. The van der Waals surface area contributed by atoms with Crippen LogP contribution in [-0.2, 0) is 20.9 Å². The Kier molecular flexibility index (Phi) is 7.77. The standard InChI is InChI=1S/C26H33N3O3/c30-25(20-32-19-21-7-3-1-4-8-21)27-23-11-13-24(14-12-23)28-15-17-29(18-16-28)26(31)22-9-5-2-6-10-22/h1,3-4,7-8,11-14,22H,2,5-6,9-10,15-20H2,(H,27,30). The normalized spacial score (nSPS) is 17.2. The Balaban J connectivity index is 1.20. The zero-order chi connectivity index (χ0) is 22.2. The van der Waals surface area contributed by atoms with Gasteiger partial charge in [-0.15, -0.1) is 0 Å². The van der Waals surface area contributed by atoms with Crippen molar-refractivity contribution in [3.8, 4) is 0 Å². The molecule has 1 saturated carbocycles. The van der Waals surface area contributed by atoms with Crippen LogP contribution in [-0.4, -0.2) is 49.5 Å². The van der Waals surface area contributed by atoms with Crippen LogP contribution in [0.15, 0.2) is 54.6 Å². The minimum Gasteiger partial charge on any atom is -0.368 e. The first-order chi connectivity index (χ1) is 15.7. The first-order valence-corrected chi connectivity index (χ1v) is 11.7. The molecule has 1 N–H and O–H groups in total. The number of hydrogen-bond donors (Lipinski definition) is 1. The van der Waals surface area contributed by atoms with Gasteiger partial charge in [0, 0.05) is 43.5 Å². The van der Waals surface area contributed by atoms with Gasteiger partial charge in [0.05, 0.1) is 6.61 Å². The van der Waals surface area contributed by atoms with Crippen LogP contribution in [0.5, 0.6) is 0 Å². The zero-order valence-electron chi connectivity index (χ0n) is 18.7. The van der Waals surface area contributed by atoms with Crippen molar-refractivity contribution in [1.82, 2.24) is 4.90 Å². The first kappa shape index (κ1) is 22.3. The molecule has 170 valence electrons. The number of amides is 2. The van der Waals surface area contributed by atoms with Gasteiger partial charge in [0.1, 0.15) is 6.61 Å². The van der Waals surface area contributed by atoms with Gasteiger partial charge in [0.25, 0.3) is 0 Å². The molecule has 4 rings (SSSR count). The maximum atomic E-state index is 12.8. The highest BCUT2D eigenvalue weighted by atomic mass is 16.5. The van der Waals surface area contributed by atoms with Gasteiger partial charge in [-0.2, -0.15) is 0 Å². The van der Waals surface area contributed by atoms with Crippen LogP contribution in [0, 0.1) is 5.92 Å². The maximum absolute atomic E-state index is 12.8. The number of hydrogen-bond acceptors (Lipinski definition) is 4. The van der Waals surface area contributed by atoms with Crippen molar-refractivity contribution in [1.29, 1.82) is 0 Å². The second kappa shape index (κ2) is 11.1. The molecular formula is C26H33N3O3. The average molecular weight is 436 g/mol. The van der Waals surface area contributed by atoms with E-state index in [9.17, 15) is 9.59 Å². The number of anilines is 2. The summed E-state index contributed by atoms with van der Waals surface area (Å²) in [5.74, 6) is 0.440. The second-order valence-electron chi connectivity index (χ2n) is 8.72. The van der Waals surface area contributed by atoms with E-state index in [1.807, 2.05) is 54.6 Å². The van der Waals surface area contributed by atoms with Crippen LogP contribution in [0.25, 0.3) is 0 Å². The van der Waals surface area contributed by atoms with Gasteiger partial charge in [-0.3, -0.25) is 9.59 Å². The molecule has 1 aliphatic heterocycles. The third-order valence-corrected chi connectivity index (χ3v) is 6.41. The van der Waals surface area contributed by atoms with E-state index >= 15 is 0 Å². The highest BCUT2D eigenvalue weighted by Crippen LogP contribution is 2.26. The summed E-state index contributed by atoms with van der Waals surface area (Å²) in [5.41, 5.74) is 2.92. The van der Waals surface area contributed by atoms with Gasteiger partial charge in [-0.1, -0.05) is 49.6 Å². The van der Waals surface area contributed by atoms with Crippen molar-refractivity contribution < 1.29 is 14.3 Å². The van der Waals surface area contributed by atoms with E-state index in [4.69, 9.17) is 4.74 Å². The molecule has 32 heavy (non-hydrogen) atoms. The predicted molar refractivity (Wildman–Crippen MR) is 127 cm³/mol. The van der Waals surface area contributed by atoms with Crippen molar-refractivity contribution in [2.24, 2.45) is 5.92 Å². The Bertz CT molecular complexity index is 871. The number of carbonyl (C=O) groups excluding carboxylic acids is 2. The van der Waals surface area contributed by atoms with Crippen LogP contribution in [0.1, 0.15) is 37.7 Å². The Hall–Kier alpha value is -2.86. The molecule has 0 unspecified atom stereocenters. The largest absolute Gasteiger partial charge is 0.368 e. The molecule has 0 bridgehead atoms. The second-order valence-corrected chi connectivity index (χ2v) is 8.72. The smallest absolute Gasteiger partial charge is 0.250 e. The predicted octanol–water partition coefficient (Wildman–Crippen LogP) is 4.07. The molecule has 0 spiro atoms. The summed E-state index contributed by atoms with van der Waals surface area (Å²) >= 11 is 0. The zero-order valence-corrected chi connectivity index (χ0v) is 18.7. The average Bonchev–Trinajstić information content (AvgIpc) is 2.85. The number of benzene rings is 2. The van der Waals surface area contributed by atoms with E-state index < -0.39 is 0 Å². The van der Waals surface area contributed by atoms with E-state index in [0.717, 1.165) is 56.0 Å². The van der Waals surface area contributed by atoms with Gasteiger partial charge in [0.15, 0.2) is 0 Å². The minimum absolute atomic E-state index is 0.0215. The van der Waals surface area contributed by atoms with Crippen LogP contribution >= 0.6 is 0 Å². The number of nitrogens with one attached hydrogen (secondary N) is 1. The highest BCUT2D eigenvalue weighted by Gasteiger charge is 2.28. The van der Waals surface area contributed by atoms with Crippen molar-refractivity contribution in [3.05, 3.63) is 60.2 Å². The fraction of sp³-hybridized carbons (Fsp3) is 0.462. The Morgan fingerprint density at radius 1 is 0.875 bits per heavy atom. The van der Waals surface area contributed by atoms with E-state index in [1.165, 1.54) is 19.3 Å². The third-order valence-electron chi connectivity index (χ3n) is 6.41. The maximum Gasteiger partial charge on any atom is 0.250 e. The summed E-state index contributed by atoms with van der Waals surface area (Å²) in [6.07, 6.45) is 5.78. The summed E-state index contributed by atoms with van der Waals surface area (Å²) < 4.78 is 5.49. The Morgan fingerprint density at radius 2 is 1.56 bits per heavy atom. The van der Waals surface area contributed by atoms with Crippen LogP contribution in [0.3, 0.4) is 0 Å². The lowest BCUT2D eigenvalue weighted by molar-refractivity contribution is -0.136. The number of ether oxygens (including phenoxy) is 1. The Labute approximate surface area is 190 Å². The lowest BCUT2D eigenvalue weighted by atomic mass is 9.88. The first-order valence-electron chi connectivity index (χ1n) is 11.7. The highest BCUT2D eigenvalue weighted by molar-refractivity contribution is 5.91. The van der Waals surface area contributed by atoms with Crippen molar-refractivity contribution in [2.45, 2.75) is 38.7 Å². The lowest BCUT2D eigenvalue weighted by Gasteiger charge is -2.38. The molecule has 1 heterocycles. The fourth-order valence-corrected chi connectivity index (χ4v) is 4.58. The number of rotatable bonds is 7. The van der Waals surface area contributed by atoms with Gasteiger partial charge in [-0.05, 0) is 42.7 Å². The van der Waals surface area contributed by atoms with E-state index in [2.05, 4.69) is 15.1 Å². The molecule has 0 atom stereocenters. The summed E-state index contributed by atoms with van der Waals surface area (Å²) in [4.78, 5) is 29.2. The quantitative estimate of drug-likeness (QED) is 0.712. The molecule has 0 aromatic heterocycles. The number of carbonyl (C=O) groups is 2. The molecule has 6 nitrogen and oxygen atoms in total. The van der Waals surface area contributed by atoms with E-state index in [1.54, 1.807) is 0 Å². The molecule has 2 amide bonds. The number of nitrogens with zero attached hydrogens (tertiary/aromatic N) is 2. The molecule has 6 heteroatoms. The SMILES string of the molecule is O=C(COCc1ccccc1)Nc1ccc(N2CCN(C(=O)C3CCCCC3)CC2)cc1. The van der Waals surface area contributed by atoms with E-state index in [-0.39, 0.29) is 18.4 Å². The van der Waals surface area contributed by atoms with Gasteiger partial charge < -0.3 is 19.9 Å². The molecule has 1 aliphatic carbocycles. The van der Waals surface area contributed by atoms with Crippen molar-refractivity contribution in [3.63, 3.8) is 0 Å². The summed E-state index contributed by atoms with van der Waals surface area (Å²) in [6.45, 7) is 3.70. The van der Waals surface area contributed by atoms with Crippen LogP contribution < -0.4 is 10.2 Å². The van der Waals surface area contributed by atoms with Gasteiger partial charge in [-0.25, -0.2) is 0 Å².